The molecule has 0 bridgehead atoms. The molecule has 0 spiro atoms. The molecule has 1 aliphatic rings. The van der Waals surface area contributed by atoms with Gasteiger partial charge in [-0.2, -0.15) is 18.2 Å². The van der Waals surface area contributed by atoms with Crippen molar-refractivity contribution in [3.63, 3.8) is 0 Å². The highest BCUT2D eigenvalue weighted by Gasteiger charge is 2.53. The van der Waals surface area contributed by atoms with Gasteiger partial charge in [0.2, 0.25) is 0 Å². The molecule has 0 saturated carbocycles. The van der Waals surface area contributed by atoms with Crippen molar-refractivity contribution in [1.29, 1.82) is 0 Å². The maximum atomic E-state index is 12.7. The van der Waals surface area contributed by atoms with Crippen LogP contribution in [0, 0.1) is 0 Å². The molecule has 2 rings (SSSR count). The Kier molecular flexibility index (Phi) is 6.09. The van der Waals surface area contributed by atoms with E-state index in [-0.39, 0.29) is 11.4 Å². The van der Waals surface area contributed by atoms with Crippen LogP contribution < -0.4 is 5.43 Å². The summed E-state index contributed by atoms with van der Waals surface area (Å²) in [6, 6.07) is 8.33. The second kappa shape index (κ2) is 7.95. The van der Waals surface area contributed by atoms with E-state index in [0.717, 1.165) is 6.92 Å². The Labute approximate surface area is 153 Å². The maximum absolute atomic E-state index is 12.7. The maximum Gasteiger partial charge on any atom is 0.472 e. The summed E-state index contributed by atoms with van der Waals surface area (Å²) in [7, 11) is 0. The first-order chi connectivity index (χ1) is 12.6. The molecule has 1 fully saturated rings. The summed E-state index contributed by atoms with van der Waals surface area (Å²) in [5.74, 6) is -3.14. The van der Waals surface area contributed by atoms with Gasteiger partial charge in [-0.3, -0.25) is 19.9 Å². The minimum atomic E-state index is -5.30. The van der Waals surface area contributed by atoms with Crippen LogP contribution in [0.2, 0.25) is 0 Å². The van der Waals surface area contributed by atoms with Gasteiger partial charge in [0.1, 0.15) is 0 Å². The van der Waals surface area contributed by atoms with Gasteiger partial charge in [-0.1, -0.05) is 30.3 Å². The van der Waals surface area contributed by atoms with Crippen molar-refractivity contribution in [2.75, 3.05) is 13.1 Å². The summed E-state index contributed by atoms with van der Waals surface area (Å²) in [5.41, 5.74) is -0.0501. The third-order valence-electron chi connectivity index (χ3n) is 4.52. The Morgan fingerprint density at radius 1 is 1.15 bits per heavy atom. The lowest BCUT2D eigenvalue weighted by atomic mass is 9.93. The Hall–Kier alpha value is -2.62. The lowest BCUT2D eigenvalue weighted by Gasteiger charge is -2.46. The first-order valence-electron chi connectivity index (χ1n) is 8.30. The van der Waals surface area contributed by atoms with E-state index in [1.54, 1.807) is 30.3 Å². The molecule has 2 N–H and O–H groups in total. The minimum Gasteiger partial charge on any atom is -0.464 e. The SMILES string of the molecule is CC(=O)C(Cc1ccccc1)(N1CCCC1)N(NC(=O)C(F)(F)F)C(=O)O. The van der Waals surface area contributed by atoms with Gasteiger partial charge in [-0.15, -0.1) is 0 Å². The Balaban J connectivity index is 2.54. The largest absolute Gasteiger partial charge is 0.472 e. The van der Waals surface area contributed by atoms with Crippen molar-refractivity contribution in [1.82, 2.24) is 15.3 Å². The molecule has 1 aliphatic heterocycles. The monoisotopic (exact) mass is 387 g/mol. The summed E-state index contributed by atoms with van der Waals surface area (Å²) in [5, 5.41) is 9.68. The van der Waals surface area contributed by atoms with Gasteiger partial charge in [0.05, 0.1) is 0 Å². The normalized spacial score (nSPS) is 17.2. The van der Waals surface area contributed by atoms with Crippen LogP contribution in [0.4, 0.5) is 18.0 Å². The van der Waals surface area contributed by atoms with Crippen LogP contribution in [-0.2, 0) is 16.0 Å². The zero-order valence-electron chi connectivity index (χ0n) is 14.6. The lowest BCUT2D eigenvalue weighted by Crippen LogP contribution is -2.72. The Morgan fingerprint density at radius 2 is 1.70 bits per heavy atom. The molecule has 27 heavy (non-hydrogen) atoms. The van der Waals surface area contributed by atoms with E-state index in [9.17, 15) is 32.7 Å². The van der Waals surface area contributed by atoms with Gasteiger partial charge in [0, 0.05) is 19.5 Å². The number of hydrogen-bond acceptors (Lipinski definition) is 4. The second-order valence-corrected chi connectivity index (χ2v) is 6.29. The molecule has 0 aliphatic carbocycles. The number of carboxylic acid groups (broad SMARTS) is 1. The number of rotatable bonds is 5. The van der Waals surface area contributed by atoms with Crippen LogP contribution in [0.25, 0.3) is 0 Å². The smallest absolute Gasteiger partial charge is 0.464 e. The molecular formula is C17H20F3N3O4. The van der Waals surface area contributed by atoms with Crippen LogP contribution in [0.1, 0.15) is 25.3 Å². The number of amides is 2. The van der Waals surface area contributed by atoms with E-state index in [1.165, 1.54) is 10.3 Å². The number of ketones is 1. The van der Waals surface area contributed by atoms with Crippen molar-refractivity contribution < 1.29 is 32.7 Å². The molecular weight excluding hydrogens is 367 g/mol. The first kappa shape index (κ1) is 20.7. The fourth-order valence-electron chi connectivity index (χ4n) is 3.27. The standard InChI is InChI=1S/C17H20F3N3O4/c1-12(24)16(22-9-5-6-10-22,11-13-7-3-2-4-8-13)23(15(26)27)21-14(25)17(18,19)20/h2-4,7-8H,5-6,9-11H2,1H3,(H,21,25)(H,26,27). The predicted molar refractivity (Wildman–Crippen MR) is 88.4 cm³/mol. The van der Waals surface area contributed by atoms with E-state index in [0.29, 0.717) is 31.5 Å². The molecule has 1 atom stereocenters. The van der Waals surface area contributed by atoms with Gasteiger partial charge < -0.3 is 5.11 Å². The first-order valence-corrected chi connectivity index (χ1v) is 8.30. The molecule has 10 heteroatoms. The van der Waals surface area contributed by atoms with E-state index in [4.69, 9.17) is 0 Å². The summed E-state index contributed by atoms with van der Waals surface area (Å²) in [6.07, 6.45) is -6.04. The van der Waals surface area contributed by atoms with E-state index in [2.05, 4.69) is 0 Å². The van der Waals surface area contributed by atoms with E-state index in [1.807, 2.05) is 0 Å². The zero-order valence-corrected chi connectivity index (χ0v) is 14.6. The molecule has 1 heterocycles. The highest BCUT2D eigenvalue weighted by atomic mass is 19.4. The predicted octanol–water partition coefficient (Wildman–Crippen LogP) is 2.18. The van der Waals surface area contributed by atoms with E-state index >= 15 is 0 Å². The van der Waals surface area contributed by atoms with Crippen LogP contribution in [-0.4, -0.2) is 57.7 Å². The van der Waals surface area contributed by atoms with Gasteiger partial charge in [0.15, 0.2) is 11.4 Å². The number of alkyl halides is 3. The highest BCUT2D eigenvalue weighted by Crippen LogP contribution is 2.30. The number of Topliss-reactive ketones (excluding diaryl/α,β-unsaturated/α-hetero) is 1. The summed E-state index contributed by atoms with van der Waals surface area (Å²) < 4.78 is 38.2. The Bertz CT molecular complexity index is 705. The van der Waals surface area contributed by atoms with Crippen molar-refractivity contribution >= 4 is 17.8 Å². The molecule has 2 amide bonds. The number of hydrogen-bond donors (Lipinski definition) is 2. The quantitative estimate of drug-likeness (QED) is 0.756. The van der Waals surface area contributed by atoms with Gasteiger partial charge in [-0.25, -0.2) is 4.79 Å². The number of halogens is 3. The molecule has 0 aromatic heterocycles. The van der Waals surface area contributed by atoms with Crippen LogP contribution in [0.5, 0.6) is 0 Å². The third-order valence-corrected chi connectivity index (χ3v) is 4.52. The van der Waals surface area contributed by atoms with Crippen LogP contribution in [0.15, 0.2) is 30.3 Å². The van der Waals surface area contributed by atoms with Gasteiger partial charge in [-0.05, 0) is 25.3 Å². The van der Waals surface area contributed by atoms with Crippen molar-refractivity contribution in [2.24, 2.45) is 0 Å². The number of nitrogens with one attached hydrogen (secondary N) is 1. The number of hydrazine groups is 1. The molecule has 1 saturated heterocycles. The fourth-order valence-corrected chi connectivity index (χ4v) is 3.27. The van der Waals surface area contributed by atoms with Crippen molar-refractivity contribution in [3.05, 3.63) is 35.9 Å². The average Bonchev–Trinajstić information content (AvgIpc) is 3.12. The molecule has 0 radical (unpaired) electrons. The number of benzene rings is 1. The lowest BCUT2D eigenvalue weighted by molar-refractivity contribution is -0.184. The number of carbonyl (C=O) groups is 3. The molecule has 148 valence electrons. The van der Waals surface area contributed by atoms with Gasteiger partial charge >= 0.3 is 18.2 Å². The number of likely N-dealkylation sites (tertiary alicyclic amines) is 1. The summed E-state index contributed by atoms with van der Waals surface area (Å²) >= 11 is 0. The summed E-state index contributed by atoms with van der Waals surface area (Å²) in [4.78, 5) is 37.4. The van der Waals surface area contributed by atoms with Gasteiger partial charge in [0.25, 0.3) is 0 Å². The topological polar surface area (TPSA) is 90.0 Å². The third kappa shape index (κ3) is 4.38. The van der Waals surface area contributed by atoms with E-state index < -0.39 is 29.6 Å². The van der Waals surface area contributed by atoms with Crippen LogP contribution >= 0.6 is 0 Å². The zero-order chi connectivity index (χ0) is 20.2. The fraction of sp³-hybridized carbons (Fsp3) is 0.471. The van der Waals surface area contributed by atoms with Crippen molar-refractivity contribution in [3.8, 4) is 0 Å². The molecule has 1 aromatic carbocycles. The number of nitrogens with zero attached hydrogens (tertiary/aromatic N) is 2. The highest BCUT2D eigenvalue weighted by molar-refractivity contribution is 5.91. The van der Waals surface area contributed by atoms with Crippen LogP contribution in [0.3, 0.4) is 0 Å². The molecule has 1 aromatic rings. The van der Waals surface area contributed by atoms with Crippen molar-refractivity contribution in [2.45, 2.75) is 38.0 Å². The Morgan fingerprint density at radius 3 is 2.15 bits per heavy atom. The minimum absolute atomic E-state index is 0.101. The molecule has 1 unspecified atom stereocenters. The average molecular weight is 387 g/mol. The second-order valence-electron chi connectivity index (χ2n) is 6.29. The molecule has 7 nitrogen and oxygen atoms in total. The summed E-state index contributed by atoms with van der Waals surface area (Å²) in [6.45, 7) is 1.74. The number of carbonyl (C=O) groups excluding carboxylic acids is 2.